The van der Waals surface area contributed by atoms with Gasteiger partial charge in [-0.15, -0.1) is 0 Å². The summed E-state index contributed by atoms with van der Waals surface area (Å²) in [5.74, 6) is -0.506. The molecule has 0 fully saturated rings. The van der Waals surface area contributed by atoms with Crippen LogP contribution in [0, 0.1) is 0 Å². The maximum atomic E-state index is 12.2. The number of ether oxygens (including phenoxy) is 2. The summed E-state index contributed by atoms with van der Waals surface area (Å²) in [6, 6.07) is 7.70. The molecule has 0 bridgehead atoms. The number of carbonyl (C=O) groups excluding carboxylic acids is 2. The predicted octanol–water partition coefficient (Wildman–Crippen LogP) is 4.24. The van der Waals surface area contributed by atoms with Crippen molar-refractivity contribution >= 4 is 29.6 Å². The van der Waals surface area contributed by atoms with E-state index in [-0.39, 0.29) is 29.9 Å². The summed E-state index contributed by atoms with van der Waals surface area (Å²) in [6.07, 6.45) is 4.82. The summed E-state index contributed by atoms with van der Waals surface area (Å²) in [5, 5.41) is 0.0840. The van der Waals surface area contributed by atoms with Crippen molar-refractivity contribution in [3.63, 3.8) is 0 Å². The van der Waals surface area contributed by atoms with Gasteiger partial charge >= 0.3 is 11.9 Å². The average Bonchev–Trinajstić information content (AvgIpc) is 2.58. The molecule has 1 aliphatic rings. The first-order chi connectivity index (χ1) is 12.0. The van der Waals surface area contributed by atoms with E-state index < -0.39 is 0 Å². The Morgan fingerprint density at radius 1 is 1.28 bits per heavy atom. The monoisotopic (exact) mass is 363 g/mol. The topological polar surface area (TPSA) is 64.6 Å². The first-order valence-electron chi connectivity index (χ1n) is 8.50. The quantitative estimate of drug-likeness (QED) is 0.577. The number of benzene rings is 1. The summed E-state index contributed by atoms with van der Waals surface area (Å²) >= 11 is 1.53. The number of esters is 2. The molecule has 25 heavy (non-hydrogen) atoms. The van der Waals surface area contributed by atoms with Gasteiger partial charge in [0.05, 0.1) is 11.4 Å². The molecule has 0 radical (unpaired) electrons. The second-order valence-electron chi connectivity index (χ2n) is 6.23. The molecule has 1 aromatic carbocycles. The molecule has 5 nitrogen and oxygen atoms in total. The standard InChI is InChI=1S/C19H25NO4S/c1-13(2)24-19(22)17-6-4-5-7-18(17)25-20-16-10-8-15(9-11-16)12-23-14(3)21/h6,8-11,13,18,20H,4-5,7,12H2,1-3H3. The van der Waals surface area contributed by atoms with E-state index >= 15 is 0 Å². The fourth-order valence-electron chi connectivity index (χ4n) is 2.46. The molecule has 2 rings (SSSR count). The summed E-state index contributed by atoms with van der Waals surface area (Å²) in [6.45, 7) is 5.39. The van der Waals surface area contributed by atoms with Gasteiger partial charge < -0.3 is 14.2 Å². The third-order valence-corrected chi connectivity index (χ3v) is 4.80. The number of rotatable bonds is 7. The maximum absolute atomic E-state index is 12.2. The van der Waals surface area contributed by atoms with Gasteiger partial charge in [-0.1, -0.05) is 18.2 Å². The fraction of sp³-hybridized carbons (Fsp3) is 0.474. The van der Waals surface area contributed by atoms with Crippen LogP contribution in [0.5, 0.6) is 0 Å². The Balaban J connectivity index is 1.90. The average molecular weight is 363 g/mol. The molecule has 1 aliphatic carbocycles. The van der Waals surface area contributed by atoms with Crippen molar-refractivity contribution in [2.75, 3.05) is 4.72 Å². The number of hydrogen-bond acceptors (Lipinski definition) is 6. The Morgan fingerprint density at radius 3 is 2.64 bits per heavy atom. The molecule has 0 spiro atoms. The first kappa shape index (κ1) is 19.4. The lowest BCUT2D eigenvalue weighted by molar-refractivity contribution is -0.143. The van der Waals surface area contributed by atoms with Crippen molar-refractivity contribution in [1.29, 1.82) is 0 Å². The Morgan fingerprint density at radius 2 is 2.00 bits per heavy atom. The first-order valence-corrected chi connectivity index (χ1v) is 9.38. The molecule has 6 heteroatoms. The maximum Gasteiger partial charge on any atom is 0.335 e. The Hall–Kier alpha value is -1.95. The van der Waals surface area contributed by atoms with Crippen molar-refractivity contribution < 1.29 is 19.1 Å². The number of carbonyl (C=O) groups is 2. The number of allylic oxidation sites excluding steroid dienone is 1. The lowest BCUT2D eigenvalue weighted by Gasteiger charge is -2.23. The van der Waals surface area contributed by atoms with Gasteiger partial charge in [-0.05, 0) is 62.8 Å². The minimum atomic E-state index is -0.289. The molecule has 1 atom stereocenters. The molecule has 0 saturated heterocycles. The number of anilines is 1. The van der Waals surface area contributed by atoms with E-state index in [2.05, 4.69) is 4.72 Å². The zero-order valence-electron chi connectivity index (χ0n) is 14.9. The van der Waals surface area contributed by atoms with Crippen LogP contribution in [-0.2, 0) is 25.7 Å². The van der Waals surface area contributed by atoms with E-state index in [1.807, 2.05) is 44.2 Å². The van der Waals surface area contributed by atoms with Gasteiger partial charge in [0.25, 0.3) is 0 Å². The van der Waals surface area contributed by atoms with Crippen LogP contribution in [-0.4, -0.2) is 23.3 Å². The van der Waals surface area contributed by atoms with Crippen molar-refractivity contribution in [3.05, 3.63) is 41.5 Å². The van der Waals surface area contributed by atoms with Crippen LogP contribution in [0.3, 0.4) is 0 Å². The highest BCUT2D eigenvalue weighted by Gasteiger charge is 2.26. The Bertz CT molecular complexity index is 625. The van der Waals surface area contributed by atoms with Gasteiger partial charge in [-0.2, -0.15) is 0 Å². The van der Waals surface area contributed by atoms with Gasteiger partial charge in [0.1, 0.15) is 6.61 Å². The fourth-order valence-corrected chi connectivity index (χ4v) is 3.48. The van der Waals surface area contributed by atoms with E-state index in [0.717, 1.165) is 36.1 Å². The molecule has 0 saturated carbocycles. The van der Waals surface area contributed by atoms with Crippen LogP contribution < -0.4 is 4.72 Å². The van der Waals surface area contributed by atoms with Gasteiger partial charge in [-0.3, -0.25) is 4.79 Å². The van der Waals surface area contributed by atoms with Crippen LogP contribution >= 0.6 is 11.9 Å². The Labute approximate surface area is 153 Å². The van der Waals surface area contributed by atoms with E-state index in [0.29, 0.717) is 0 Å². The highest BCUT2D eigenvalue weighted by atomic mass is 32.2. The van der Waals surface area contributed by atoms with Gasteiger partial charge in [0, 0.05) is 18.2 Å². The molecule has 1 aromatic rings. The smallest absolute Gasteiger partial charge is 0.335 e. The summed E-state index contributed by atoms with van der Waals surface area (Å²) in [7, 11) is 0. The lowest BCUT2D eigenvalue weighted by atomic mass is 9.99. The predicted molar refractivity (Wildman–Crippen MR) is 100 cm³/mol. The molecule has 0 amide bonds. The van der Waals surface area contributed by atoms with Crippen LogP contribution in [0.1, 0.15) is 45.6 Å². The third-order valence-electron chi connectivity index (χ3n) is 3.68. The van der Waals surface area contributed by atoms with Gasteiger partial charge in [-0.25, -0.2) is 4.79 Å². The van der Waals surface area contributed by atoms with E-state index in [1.54, 1.807) is 0 Å². The van der Waals surface area contributed by atoms with Crippen LogP contribution in [0.4, 0.5) is 5.69 Å². The highest BCUT2D eigenvalue weighted by Crippen LogP contribution is 2.31. The minimum Gasteiger partial charge on any atom is -0.461 e. The largest absolute Gasteiger partial charge is 0.461 e. The zero-order chi connectivity index (χ0) is 18.2. The molecule has 136 valence electrons. The van der Waals surface area contributed by atoms with Gasteiger partial charge in [0.15, 0.2) is 0 Å². The molecule has 1 N–H and O–H groups in total. The normalized spacial score (nSPS) is 17.0. The summed E-state index contributed by atoms with van der Waals surface area (Å²) in [4.78, 5) is 23.1. The Kier molecular flexibility index (Phi) is 7.37. The molecule has 1 unspecified atom stereocenters. The zero-order valence-corrected chi connectivity index (χ0v) is 15.7. The second-order valence-corrected chi connectivity index (χ2v) is 7.24. The van der Waals surface area contributed by atoms with E-state index in [9.17, 15) is 9.59 Å². The summed E-state index contributed by atoms with van der Waals surface area (Å²) < 4.78 is 13.6. The lowest BCUT2D eigenvalue weighted by Crippen LogP contribution is -2.23. The van der Waals surface area contributed by atoms with Crippen molar-refractivity contribution in [2.45, 2.75) is 58.0 Å². The second kappa shape index (κ2) is 9.51. The number of nitrogens with one attached hydrogen (secondary N) is 1. The molecule has 0 aromatic heterocycles. The SMILES string of the molecule is CC(=O)OCc1ccc(NSC2CCCC=C2C(=O)OC(C)C)cc1. The van der Waals surface area contributed by atoms with Crippen LogP contribution in [0.25, 0.3) is 0 Å². The molecule has 0 heterocycles. The summed E-state index contributed by atoms with van der Waals surface area (Å²) in [5.41, 5.74) is 2.63. The third kappa shape index (κ3) is 6.46. The van der Waals surface area contributed by atoms with E-state index in [1.165, 1.54) is 18.9 Å². The molecule has 0 aliphatic heterocycles. The molecular weight excluding hydrogens is 338 g/mol. The highest BCUT2D eigenvalue weighted by molar-refractivity contribution is 8.01. The van der Waals surface area contributed by atoms with Crippen molar-refractivity contribution in [3.8, 4) is 0 Å². The van der Waals surface area contributed by atoms with Gasteiger partial charge in [0.2, 0.25) is 0 Å². The van der Waals surface area contributed by atoms with Crippen LogP contribution in [0.2, 0.25) is 0 Å². The van der Waals surface area contributed by atoms with Crippen LogP contribution in [0.15, 0.2) is 35.9 Å². The molecular formula is C19H25NO4S. The van der Waals surface area contributed by atoms with Crippen molar-refractivity contribution in [1.82, 2.24) is 0 Å². The van der Waals surface area contributed by atoms with Crippen molar-refractivity contribution in [2.24, 2.45) is 0 Å². The van der Waals surface area contributed by atoms with E-state index in [4.69, 9.17) is 9.47 Å². The minimum absolute atomic E-state index is 0.0840. The number of hydrogen-bond donors (Lipinski definition) is 1.